The summed E-state index contributed by atoms with van der Waals surface area (Å²) in [4.78, 5) is 0. The van der Waals surface area contributed by atoms with Crippen molar-refractivity contribution in [2.45, 2.75) is 45.3 Å². The van der Waals surface area contributed by atoms with Crippen molar-refractivity contribution in [1.29, 1.82) is 0 Å². The third-order valence-corrected chi connectivity index (χ3v) is 3.35. The third-order valence-electron chi connectivity index (χ3n) is 3.35. The molecule has 1 aromatic rings. The number of rotatable bonds is 4. The number of aliphatic hydroxyl groups is 1. The molecule has 18 heavy (non-hydrogen) atoms. The van der Waals surface area contributed by atoms with Crippen LogP contribution in [-0.2, 0) is 4.74 Å². The van der Waals surface area contributed by atoms with E-state index in [1.807, 2.05) is 32.0 Å². The molecular weight excluding hydrogens is 228 g/mol. The predicted octanol–water partition coefficient (Wildman–Crippen LogP) is 3.00. The Morgan fingerprint density at radius 2 is 2.28 bits per heavy atom. The molecule has 1 aliphatic heterocycles. The Balaban J connectivity index is 2.21. The normalized spacial score (nSPS) is 21.6. The zero-order valence-electron chi connectivity index (χ0n) is 11.2. The number of aliphatic hydroxyl groups excluding tert-OH is 1. The van der Waals surface area contributed by atoms with E-state index in [4.69, 9.17) is 9.47 Å². The standard InChI is InChI=1S/C15H22O3/c1-3-17-13-8-7-11(2)10-12(13)15(16)14-6-4-5-9-18-14/h7-8,10,14-16H,3-6,9H2,1-2H3. The Kier molecular flexibility index (Phi) is 4.61. The molecule has 0 amide bonds. The second-order valence-corrected chi connectivity index (χ2v) is 4.82. The van der Waals surface area contributed by atoms with Crippen molar-refractivity contribution in [1.82, 2.24) is 0 Å². The number of ether oxygens (including phenoxy) is 2. The van der Waals surface area contributed by atoms with Crippen LogP contribution in [0.1, 0.15) is 43.4 Å². The molecule has 100 valence electrons. The Bertz CT molecular complexity index is 383. The summed E-state index contributed by atoms with van der Waals surface area (Å²) in [6.07, 6.45) is 2.44. The lowest BCUT2D eigenvalue weighted by Gasteiger charge is -2.28. The highest BCUT2D eigenvalue weighted by atomic mass is 16.5. The van der Waals surface area contributed by atoms with Gasteiger partial charge in [-0.15, -0.1) is 0 Å². The summed E-state index contributed by atoms with van der Waals surface area (Å²) in [5, 5.41) is 10.5. The van der Waals surface area contributed by atoms with Crippen molar-refractivity contribution in [3.05, 3.63) is 29.3 Å². The molecule has 1 fully saturated rings. The van der Waals surface area contributed by atoms with Crippen LogP contribution in [0.4, 0.5) is 0 Å². The fourth-order valence-electron chi connectivity index (χ4n) is 2.40. The van der Waals surface area contributed by atoms with E-state index in [1.165, 1.54) is 0 Å². The van der Waals surface area contributed by atoms with E-state index in [0.717, 1.165) is 42.7 Å². The molecule has 0 radical (unpaired) electrons. The fourth-order valence-corrected chi connectivity index (χ4v) is 2.40. The summed E-state index contributed by atoms with van der Waals surface area (Å²) >= 11 is 0. The summed E-state index contributed by atoms with van der Waals surface area (Å²) < 4.78 is 11.2. The first-order valence-electron chi connectivity index (χ1n) is 6.75. The van der Waals surface area contributed by atoms with Crippen LogP contribution in [0.5, 0.6) is 5.75 Å². The van der Waals surface area contributed by atoms with Crippen molar-refractivity contribution < 1.29 is 14.6 Å². The van der Waals surface area contributed by atoms with E-state index in [0.29, 0.717) is 6.61 Å². The van der Waals surface area contributed by atoms with Crippen molar-refractivity contribution in [2.75, 3.05) is 13.2 Å². The Morgan fingerprint density at radius 3 is 2.94 bits per heavy atom. The molecule has 3 heteroatoms. The molecule has 1 N–H and O–H groups in total. The van der Waals surface area contributed by atoms with Gasteiger partial charge in [-0.05, 0) is 45.2 Å². The largest absolute Gasteiger partial charge is 0.493 e. The maximum absolute atomic E-state index is 10.5. The summed E-state index contributed by atoms with van der Waals surface area (Å²) in [5.41, 5.74) is 1.98. The highest BCUT2D eigenvalue weighted by molar-refractivity contribution is 5.39. The minimum atomic E-state index is -0.591. The molecule has 0 bridgehead atoms. The topological polar surface area (TPSA) is 38.7 Å². The second kappa shape index (κ2) is 6.21. The van der Waals surface area contributed by atoms with Gasteiger partial charge in [-0.3, -0.25) is 0 Å². The highest BCUT2D eigenvalue weighted by Gasteiger charge is 2.26. The number of hydrogen-bond donors (Lipinski definition) is 1. The fraction of sp³-hybridized carbons (Fsp3) is 0.600. The molecule has 0 saturated carbocycles. The van der Waals surface area contributed by atoms with Crippen LogP contribution in [0.15, 0.2) is 18.2 Å². The van der Waals surface area contributed by atoms with Crippen LogP contribution in [0.3, 0.4) is 0 Å². The Labute approximate surface area is 109 Å². The highest BCUT2D eigenvalue weighted by Crippen LogP contribution is 2.32. The molecule has 1 heterocycles. The van der Waals surface area contributed by atoms with E-state index in [1.54, 1.807) is 0 Å². The molecule has 2 rings (SSSR count). The molecular formula is C15H22O3. The minimum Gasteiger partial charge on any atom is -0.493 e. The SMILES string of the molecule is CCOc1ccc(C)cc1C(O)C1CCCCO1. The molecule has 0 aromatic heterocycles. The predicted molar refractivity (Wildman–Crippen MR) is 70.9 cm³/mol. The second-order valence-electron chi connectivity index (χ2n) is 4.82. The molecule has 1 saturated heterocycles. The van der Waals surface area contributed by atoms with Crippen LogP contribution in [-0.4, -0.2) is 24.4 Å². The maximum atomic E-state index is 10.5. The van der Waals surface area contributed by atoms with Gasteiger partial charge in [0.2, 0.25) is 0 Å². The number of benzene rings is 1. The monoisotopic (exact) mass is 250 g/mol. The van der Waals surface area contributed by atoms with Gasteiger partial charge in [0.15, 0.2) is 0 Å². The van der Waals surface area contributed by atoms with Gasteiger partial charge in [0.25, 0.3) is 0 Å². The average molecular weight is 250 g/mol. The molecule has 3 nitrogen and oxygen atoms in total. The first-order valence-corrected chi connectivity index (χ1v) is 6.75. The number of aryl methyl sites for hydroxylation is 1. The number of hydrogen-bond acceptors (Lipinski definition) is 3. The van der Waals surface area contributed by atoms with Gasteiger partial charge in [0.05, 0.1) is 12.7 Å². The van der Waals surface area contributed by atoms with Crippen LogP contribution in [0.2, 0.25) is 0 Å². The Morgan fingerprint density at radius 1 is 1.44 bits per heavy atom. The van der Waals surface area contributed by atoms with Crippen LogP contribution in [0, 0.1) is 6.92 Å². The van der Waals surface area contributed by atoms with Gasteiger partial charge in [-0.1, -0.05) is 11.6 Å². The van der Waals surface area contributed by atoms with Crippen molar-refractivity contribution in [3.63, 3.8) is 0 Å². The van der Waals surface area contributed by atoms with Crippen molar-refractivity contribution in [2.24, 2.45) is 0 Å². The maximum Gasteiger partial charge on any atom is 0.125 e. The van der Waals surface area contributed by atoms with E-state index >= 15 is 0 Å². The lowest BCUT2D eigenvalue weighted by atomic mass is 9.96. The summed E-state index contributed by atoms with van der Waals surface area (Å²) in [7, 11) is 0. The van der Waals surface area contributed by atoms with E-state index in [9.17, 15) is 5.11 Å². The van der Waals surface area contributed by atoms with Crippen LogP contribution in [0.25, 0.3) is 0 Å². The van der Waals surface area contributed by atoms with E-state index < -0.39 is 6.10 Å². The smallest absolute Gasteiger partial charge is 0.125 e. The molecule has 2 unspecified atom stereocenters. The average Bonchev–Trinajstić information content (AvgIpc) is 2.41. The van der Waals surface area contributed by atoms with Gasteiger partial charge >= 0.3 is 0 Å². The van der Waals surface area contributed by atoms with Crippen LogP contribution >= 0.6 is 0 Å². The van der Waals surface area contributed by atoms with E-state index in [-0.39, 0.29) is 6.10 Å². The summed E-state index contributed by atoms with van der Waals surface area (Å²) in [6.45, 7) is 5.33. The zero-order valence-corrected chi connectivity index (χ0v) is 11.2. The van der Waals surface area contributed by atoms with Gasteiger partial charge < -0.3 is 14.6 Å². The summed E-state index contributed by atoms with van der Waals surface area (Å²) in [6, 6.07) is 5.93. The third kappa shape index (κ3) is 3.03. The molecule has 2 atom stereocenters. The molecule has 0 aliphatic carbocycles. The lowest BCUT2D eigenvalue weighted by Crippen LogP contribution is -2.26. The van der Waals surface area contributed by atoms with Gasteiger partial charge in [0.1, 0.15) is 11.9 Å². The van der Waals surface area contributed by atoms with Gasteiger partial charge in [0, 0.05) is 12.2 Å². The quantitative estimate of drug-likeness (QED) is 0.892. The lowest BCUT2D eigenvalue weighted by molar-refractivity contribution is -0.0640. The first-order chi connectivity index (χ1) is 8.72. The van der Waals surface area contributed by atoms with E-state index in [2.05, 4.69) is 0 Å². The minimum absolute atomic E-state index is 0.0974. The van der Waals surface area contributed by atoms with Crippen LogP contribution < -0.4 is 4.74 Å². The van der Waals surface area contributed by atoms with Gasteiger partial charge in [-0.2, -0.15) is 0 Å². The molecule has 0 spiro atoms. The molecule has 1 aliphatic rings. The summed E-state index contributed by atoms with van der Waals surface area (Å²) in [5.74, 6) is 0.768. The zero-order chi connectivity index (χ0) is 13.0. The van der Waals surface area contributed by atoms with Crippen molar-refractivity contribution in [3.8, 4) is 5.75 Å². The Hall–Kier alpha value is -1.06. The molecule has 1 aromatic carbocycles. The first kappa shape index (κ1) is 13.4. The van der Waals surface area contributed by atoms with Gasteiger partial charge in [-0.25, -0.2) is 0 Å². The van der Waals surface area contributed by atoms with Crippen molar-refractivity contribution >= 4 is 0 Å².